The summed E-state index contributed by atoms with van der Waals surface area (Å²) in [5, 5.41) is 2.67. The van der Waals surface area contributed by atoms with Crippen LogP contribution in [0.3, 0.4) is 0 Å². The Morgan fingerprint density at radius 3 is 2.80 bits per heavy atom. The van der Waals surface area contributed by atoms with E-state index in [0.717, 1.165) is 18.5 Å². The summed E-state index contributed by atoms with van der Waals surface area (Å²) < 4.78 is 4.94. The van der Waals surface area contributed by atoms with Crippen LogP contribution in [0.2, 0.25) is 0 Å². The SMILES string of the molecule is CCCc1cc(C(=O)NCCOCC(N)=O)cc(N)n1. The molecule has 0 bridgehead atoms. The van der Waals surface area contributed by atoms with E-state index in [0.29, 0.717) is 11.4 Å². The minimum atomic E-state index is -0.539. The van der Waals surface area contributed by atoms with Crippen LogP contribution in [0.15, 0.2) is 12.1 Å². The highest BCUT2D eigenvalue weighted by atomic mass is 16.5. The maximum Gasteiger partial charge on any atom is 0.251 e. The number of primary amides is 1. The molecule has 1 rings (SSSR count). The highest BCUT2D eigenvalue weighted by Crippen LogP contribution is 2.09. The third-order valence-electron chi connectivity index (χ3n) is 2.44. The molecule has 20 heavy (non-hydrogen) atoms. The first-order valence-corrected chi connectivity index (χ1v) is 6.43. The number of anilines is 1. The number of hydrogen-bond donors (Lipinski definition) is 3. The fraction of sp³-hybridized carbons (Fsp3) is 0.462. The number of aryl methyl sites for hydroxylation is 1. The quantitative estimate of drug-likeness (QED) is 0.572. The molecule has 5 N–H and O–H groups in total. The van der Waals surface area contributed by atoms with Gasteiger partial charge in [0, 0.05) is 17.8 Å². The van der Waals surface area contributed by atoms with Crippen LogP contribution in [0.25, 0.3) is 0 Å². The van der Waals surface area contributed by atoms with Gasteiger partial charge in [-0.3, -0.25) is 9.59 Å². The van der Waals surface area contributed by atoms with Crippen molar-refractivity contribution < 1.29 is 14.3 Å². The van der Waals surface area contributed by atoms with E-state index < -0.39 is 5.91 Å². The second kappa shape index (κ2) is 8.11. The Kier molecular flexibility index (Phi) is 6.45. The summed E-state index contributed by atoms with van der Waals surface area (Å²) >= 11 is 0. The smallest absolute Gasteiger partial charge is 0.251 e. The number of rotatable bonds is 8. The number of nitrogens with one attached hydrogen (secondary N) is 1. The molecule has 0 spiro atoms. The molecular weight excluding hydrogens is 260 g/mol. The summed E-state index contributed by atoms with van der Waals surface area (Å²) in [6.07, 6.45) is 1.70. The second-order valence-corrected chi connectivity index (χ2v) is 4.30. The molecule has 1 heterocycles. The average molecular weight is 280 g/mol. The zero-order valence-corrected chi connectivity index (χ0v) is 11.5. The zero-order chi connectivity index (χ0) is 15.0. The van der Waals surface area contributed by atoms with Gasteiger partial charge in [-0.05, 0) is 18.6 Å². The largest absolute Gasteiger partial charge is 0.384 e. The van der Waals surface area contributed by atoms with E-state index in [1.807, 2.05) is 6.92 Å². The van der Waals surface area contributed by atoms with Crippen molar-refractivity contribution >= 4 is 17.6 Å². The molecule has 0 aliphatic carbocycles. The van der Waals surface area contributed by atoms with E-state index in [-0.39, 0.29) is 25.7 Å². The highest BCUT2D eigenvalue weighted by molar-refractivity contribution is 5.94. The molecule has 7 nitrogen and oxygen atoms in total. The minimum Gasteiger partial charge on any atom is -0.384 e. The van der Waals surface area contributed by atoms with Crippen molar-refractivity contribution in [2.75, 3.05) is 25.5 Å². The third-order valence-corrected chi connectivity index (χ3v) is 2.44. The Morgan fingerprint density at radius 2 is 2.15 bits per heavy atom. The van der Waals surface area contributed by atoms with Crippen molar-refractivity contribution in [3.63, 3.8) is 0 Å². The molecular formula is C13H20N4O3. The number of nitrogen functional groups attached to an aromatic ring is 1. The summed E-state index contributed by atoms with van der Waals surface area (Å²) in [5.41, 5.74) is 11.8. The van der Waals surface area contributed by atoms with Crippen molar-refractivity contribution in [1.82, 2.24) is 10.3 Å². The highest BCUT2D eigenvalue weighted by Gasteiger charge is 2.08. The molecule has 7 heteroatoms. The standard InChI is InChI=1S/C13H20N4O3/c1-2-3-10-6-9(7-11(14)17-10)13(19)16-4-5-20-8-12(15)18/h6-7H,2-5,8H2,1H3,(H2,14,17)(H2,15,18)(H,16,19). The molecule has 0 fully saturated rings. The van der Waals surface area contributed by atoms with E-state index in [2.05, 4.69) is 10.3 Å². The molecule has 0 saturated heterocycles. The summed E-state index contributed by atoms with van der Waals surface area (Å²) in [5.74, 6) is -0.465. The molecule has 0 atom stereocenters. The Hall–Kier alpha value is -2.15. The van der Waals surface area contributed by atoms with Gasteiger partial charge in [-0.25, -0.2) is 4.98 Å². The topological polar surface area (TPSA) is 120 Å². The van der Waals surface area contributed by atoms with Crippen LogP contribution in [0.5, 0.6) is 0 Å². The van der Waals surface area contributed by atoms with Crippen LogP contribution in [-0.4, -0.2) is 36.6 Å². The van der Waals surface area contributed by atoms with Gasteiger partial charge in [-0.15, -0.1) is 0 Å². The summed E-state index contributed by atoms with van der Waals surface area (Å²) in [6, 6.07) is 3.25. The van der Waals surface area contributed by atoms with Crippen LogP contribution in [0.1, 0.15) is 29.4 Å². The lowest BCUT2D eigenvalue weighted by atomic mass is 10.1. The summed E-state index contributed by atoms with van der Waals surface area (Å²) in [4.78, 5) is 26.5. The second-order valence-electron chi connectivity index (χ2n) is 4.30. The number of aromatic nitrogens is 1. The Labute approximate surface area is 117 Å². The molecule has 1 aromatic rings. The predicted octanol–water partition coefficient (Wildman–Crippen LogP) is -0.152. The molecule has 0 saturated carbocycles. The van der Waals surface area contributed by atoms with Crippen LogP contribution in [0, 0.1) is 0 Å². The van der Waals surface area contributed by atoms with E-state index in [1.165, 1.54) is 6.07 Å². The van der Waals surface area contributed by atoms with Gasteiger partial charge in [0.1, 0.15) is 12.4 Å². The number of amides is 2. The molecule has 110 valence electrons. The van der Waals surface area contributed by atoms with Gasteiger partial charge >= 0.3 is 0 Å². The van der Waals surface area contributed by atoms with Crippen molar-refractivity contribution in [3.05, 3.63) is 23.4 Å². The number of carbonyl (C=O) groups is 2. The van der Waals surface area contributed by atoms with Crippen LogP contribution in [0.4, 0.5) is 5.82 Å². The van der Waals surface area contributed by atoms with Gasteiger partial charge in [0.2, 0.25) is 5.91 Å². The first-order chi connectivity index (χ1) is 9.52. The van der Waals surface area contributed by atoms with Crippen LogP contribution >= 0.6 is 0 Å². The lowest BCUT2D eigenvalue weighted by molar-refractivity contribution is -0.122. The molecule has 1 aromatic heterocycles. The number of pyridine rings is 1. The number of nitrogens with two attached hydrogens (primary N) is 2. The first kappa shape index (κ1) is 15.9. The molecule has 0 unspecified atom stereocenters. The van der Waals surface area contributed by atoms with Crippen molar-refractivity contribution in [2.24, 2.45) is 5.73 Å². The Balaban J connectivity index is 2.48. The van der Waals surface area contributed by atoms with Crippen molar-refractivity contribution in [1.29, 1.82) is 0 Å². The first-order valence-electron chi connectivity index (χ1n) is 6.43. The van der Waals surface area contributed by atoms with E-state index >= 15 is 0 Å². The fourth-order valence-corrected chi connectivity index (χ4v) is 1.64. The molecule has 0 radical (unpaired) electrons. The molecule has 0 aromatic carbocycles. The monoisotopic (exact) mass is 280 g/mol. The maximum atomic E-state index is 11.9. The van der Waals surface area contributed by atoms with Crippen LogP contribution in [-0.2, 0) is 16.0 Å². The third kappa shape index (κ3) is 5.66. The normalized spacial score (nSPS) is 10.2. The van der Waals surface area contributed by atoms with Gasteiger partial charge < -0.3 is 21.5 Å². The zero-order valence-electron chi connectivity index (χ0n) is 11.5. The average Bonchev–Trinajstić information content (AvgIpc) is 2.37. The number of hydrogen-bond acceptors (Lipinski definition) is 5. The number of nitrogens with zero attached hydrogens (tertiary/aromatic N) is 1. The number of carbonyl (C=O) groups excluding carboxylic acids is 2. The van der Waals surface area contributed by atoms with E-state index in [9.17, 15) is 9.59 Å². The molecule has 0 aliphatic heterocycles. The molecule has 2 amide bonds. The Morgan fingerprint density at radius 1 is 1.40 bits per heavy atom. The van der Waals surface area contributed by atoms with E-state index in [1.54, 1.807) is 6.07 Å². The lowest BCUT2D eigenvalue weighted by Gasteiger charge is -2.08. The van der Waals surface area contributed by atoms with Crippen molar-refractivity contribution in [3.8, 4) is 0 Å². The number of ether oxygens (including phenoxy) is 1. The fourth-order valence-electron chi connectivity index (χ4n) is 1.64. The lowest BCUT2D eigenvalue weighted by Crippen LogP contribution is -2.29. The van der Waals surface area contributed by atoms with E-state index in [4.69, 9.17) is 16.2 Å². The van der Waals surface area contributed by atoms with Gasteiger partial charge in [0.05, 0.1) is 6.61 Å². The van der Waals surface area contributed by atoms with Gasteiger partial charge in [0.15, 0.2) is 0 Å². The van der Waals surface area contributed by atoms with Gasteiger partial charge in [-0.1, -0.05) is 13.3 Å². The van der Waals surface area contributed by atoms with Crippen molar-refractivity contribution in [2.45, 2.75) is 19.8 Å². The van der Waals surface area contributed by atoms with Gasteiger partial charge in [-0.2, -0.15) is 0 Å². The predicted molar refractivity (Wildman–Crippen MR) is 75.0 cm³/mol. The van der Waals surface area contributed by atoms with Crippen LogP contribution < -0.4 is 16.8 Å². The summed E-state index contributed by atoms with van der Waals surface area (Å²) in [6.45, 7) is 2.38. The van der Waals surface area contributed by atoms with Gasteiger partial charge in [0.25, 0.3) is 5.91 Å². The Bertz CT molecular complexity index is 477. The summed E-state index contributed by atoms with van der Waals surface area (Å²) in [7, 11) is 0. The minimum absolute atomic E-state index is 0.154. The molecule has 0 aliphatic rings. The maximum absolute atomic E-state index is 11.9.